The van der Waals surface area contributed by atoms with Gasteiger partial charge in [-0.2, -0.15) is 0 Å². The fourth-order valence-corrected chi connectivity index (χ4v) is 5.78. The zero-order valence-corrected chi connectivity index (χ0v) is 20.5. The van der Waals surface area contributed by atoms with Crippen molar-refractivity contribution in [1.29, 1.82) is 0 Å². The number of pyridine rings is 1. The van der Waals surface area contributed by atoms with Crippen molar-refractivity contribution in [1.82, 2.24) is 35.4 Å². The van der Waals surface area contributed by atoms with E-state index in [0.29, 0.717) is 16.5 Å². The van der Waals surface area contributed by atoms with Crippen LogP contribution in [-0.2, 0) is 26.3 Å². The Labute approximate surface area is 213 Å². The molecule has 2 atom stereocenters. The highest BCUT2D eigenvalue weighted by molar-refractivity contribution is 8.01. The molecule has 14 nitrogen and oxygen atoms in total. The summed E-state index contributed by atoms with van der Waals surface area (Å²) in [5, 5.41) is 27.4. The van der Waals surface area contributed by atoms with E-state index in [4.69, 9.17) is 10.6 Å². The number of β-lactam (4-membered cyclic amide) rings is 1. The number of hydrogen-bond donors (Lipinski definition) is 3. The van der Waals surface area contributed by atoms with Crippen LogP contribution in [-0.4, -0.2) is 88.2 Å². The zero-order valence-electron chi connectivity index (χ0n) is 18.9. The molecule has 0 saturated carbocycles. The van der Waals surface area contributed by atoms with Crippen molar-refractivity contribution in [3.63, 3.8) is 0 Å². The highest BCUT2D eigenvalue weighted by Crippen LogP contribution is 2.41. The Hall–Kier alpha value is -3.92. The van der Waals surface area contributed by atoms with Gasteiger partial charge in [-0.3, -0.25) is 14.5 Å². The summed E-state index contributed by atoms with van der Waals surface area (Å²) in [6, 6.07) is 3.71. The summed E-state index contributed by atoms with van der Waals surface area (Å²) in [6.07, 6.45) is 1.45. The largest absolute Gasteiger partial charge is 0.477 e. The predicted octanol–water partition coefficient (Wildman–Crippen LogP) is -0.375. The van der Waals surface area contributed by atoms with Gasteiger partial charge in [0.25, 0.3) is 11.8 Å². The van der Waals surface area contributed by atoms with Crippen LogP contribution in [0.1, 0.15) is 5.69 Å². The Morgan fingerprint density at radius 2 is 2.28 bits per heavy atom. The lowest BCUT2D eigenvalue weighted by Crippen LogP contribution is -2.71. The minimum Gasteiger partial charge on any atom is -0.477 e. The molecule has 2 aromatic rings. The Morgan fingerprint density at radius 3 is 2.94 bits per heavy atom. The van der Waals surface area contributed by atoms with Crippen LogP contribution in [0.2, 0.25) is 0 Å². The second kappa shape index (κ2) is 10.8. The fraction of sp³-hybridized carbons (Fsp3) is 0.300. The van der Waals surface area contributed by atoms with Crippen molar-refractivity contribution in [2.45, 2.75) is 16.6 Å². The van der Waals surface area contributed by atoms with Gasteiger partial charge in [0.05, 0.1) is 0 Å². The number of fused-ring (bicyclic) bond motifs is 1. The number of carbonyl (C=O) groups excluding carboxylic acids is 2. The van der Waals surface area contributed by atoms with E-state index in [2.05, 4.69) is 37.6 Å². The van der Waals surface area contributed by atoms with Crippen molar-refractivity contribution in [2.75, 3.05) is 23.8 Å². The monoisotopic (exact) mass is 531 g/mol. The number of carboxylic acid groups (broad SMARTS) is 1. The van der Waals surface area contributed by atoms with Crippen LogP contribution < -0.4 is 11.1 Å². The molecule has 2 amide bonds. The smallest absolute Gasteiger partial charge is 0.352 e. The molecule has 36 heavy (non-hydrogen) atoms. The van der Waals surface area contributed by atoms with E-state index in [1.165, 1.54) is 45.2 Å². The third-order valence-corrected chi connectivity index (χ3v) is 7.51. The van der Waals surface area contributed by atoms with Crippen LogP contribution >= 0.6 is 23.5 Å². The molecule has 0 aromatic carbocycles. The van der Waals surface area contributed by atoms with E-state index in [1.807, 2.05) is 0 Å². The molecule has 0 radical (unpaired) electrons. The Kier molecular flexibility index (Phi) is 7.54. The van der Waals surface area contributed by atoms with E-state index in [9.17, 15) is 19.5 Å². The molecule has 188 valence electrons. The van der Waals surface area contributed by atoms with Crippen LogP contribution in [0.25, 0.3) is 0 Å². The molecule has 4 rings (SSSR count). The van der Waals surface area contributed by atoms with Gasteiger partial charge in [-0.1, -0.05) is 35.6 Å². The molecule has 0 aliphatic carbocycles. The topological polar surface area (TPSA) is 191 Å². The maximum Gasteiger partial charge on any atom is 0.352 e. The van der Waals surface area contributed by atoms with Crippen molar-refractivity contribution in [3.05, 3.63) is 47.8 Å². The Balaban J connectivity index is 1.51. The molecule has 2 aliphatic heterocycles. The van der Waals surface area contributed by atoms with Gasteiger partial charge < -0.3 is 21.0 Å². The van der Waals surface area contributed by atoms with Gasteiger partial charge in [0, 0.05) is 18.6 Å². The van der Waals surface area contributed by atoms with Gasteiger partial charge in [-0.15, -0.1) is 16.9 Å². The van der Waals surface area contributed by atoms with E-state index in [0.717, 1.165) is 0 Å². The molecular weight excluding hydrogens is 510 g/mol. The number of nitrogens with zero attached hydrogens (tertiary/aromatic N) is 7. The van der Waals surface area contributed by atoms with Gasteiger partial charge >= 0.3 is 5.97 Å². The molecular formula is C20H21N9O5S2. The summed E-state index contributed by atoms with van der Waals surface area (Å²) >= 11 is 2.61. The third kappa shape index (κ3) is 5.03. The number of amides is 2. The molecule has 16 heteroatoms. The van der Waals surface area contributed by atoms with Gasteiger partial charge in [-0.25, -0.2) is 14.5 Å². The lowest BCUT2D eigenvalue weighted by molar-refractivity contribution is -0.150. The fourth-order valence-electron chi connectivity index (χ4n) is 3.44. The number of hydrogen-bond acceptors (Lipinski definition) is 12. The minimum atomic E-state index is -1.23. The average molecular weight is 532 g/mol. The molecule has 0 spiro atoms. The molecule has 1 unspecified atom stereocenters. The summed E-state index contributed by atoms with van der Waals surface area (Å²) in [4.78, 5) is 48.5. The van der Waals surface area contributed by atoms with Gasteiger partial charge in [0.1, 0.15) is 35.2 Å². The van der Waals surface area contributed by atoms with Crippen molar-refractivity contribution >= 4 is 52.8 Å². The molecule has 0 bridgehead atoms. The number of nitrogens with two attached hydrogens (primary N) is 1. The number of thioether (sulfide) groups is 2. The van der Waals surface area contributed by atoms with Gasteiger partial charge in [0.2, 0.25) is 5.16 Å². The molecule has 4 heterocycles. The summed E-state index contributed by atoms with van der Waals surface area (Å²) < 4.78 is 1.47. The first-order valence-corrected chi connectivity index (χ1v) is 12.4. The van der Waals surface area contributed by atoms with Crippen molar-refractivity contribution in [2.24, 2.45) is 12.2 Å². The number of carboxylic acids is 1. The first-order chi connectivity index (χ1) is 17.3. The van der Waals surface area contributed by atoms with Crippen LogP contribution in [0.4, 0.5) is 5.82 Å². The summed E-state index contributed by atoms with van der Waals surface area (Å²) in [7, 11) is 1.67. The number of aryl methyl sites for hydroxylation is 1. The normalized spacial score (nSPS) is 19.4. The standard InChI is InChI=1S/C20H21N9O5S2/c1-3-7-34-25-13(11-5-4-6-12(21)22-11)16(30)23-14-17(31)29-15(19(32)33)10(8-35-18(14)29)9-36-20-24-26-27-28(20)2/h3-6,14,18H,1,7-9H2,2H3,(H2,21,22)(H,23,30)(H,32,33)/t14?,18-/m0/s1. The summed E-state index contributed by atoms with van der Waals surface area (Å²) in [5.74, 6) is -1.69. The molecule has 2 aliphatic rings. The first kappa shape index (κ1) is 25.2. The number of tetrazole rings is 1. The van der Waals surface area contributed by atoms with Crippen LogP contribution in [0.15, 0.2) is 52.4 Å². The highest BCUT2D eigenvalue weighted by Gasteiger charge is 2.54. The average Bonchev–Trinajstić information content (AvgIpc) is 3.27. The Bertz CT molecular complexity index is 1280. The van der Waals surface area contributed by atoms with E-state index in [-0.39, 0.29) is 35.3 Å². The number of nitrogens with one attached hydrogen (secondary N) is 1. The number of rotatable bonds is 10. The number of aromatic nitrogens is 5. The lowest BCUT2D eigenvalue weighted by Gasteiger charge is -2.49. The quantitative estimate of drug-likeness (QED) is 0.0901. The highest BCUT2D eigenvalue weighted by atomic mass is 32.2. The van der Waals surface area contributed by atoms with Gasteiger partial charge in [0.15, 0.2) is 5.71 Å². The first-order valence-electron chi connectivity index (χ1n) is 10.4. The maximum absolute atomic E-state index is 13.1. The maximum atomic E-state index is 13.1. The summed E-state index contributed by atoms with van der Waals surface area (Å²) in [5.41, 5.74) is 6.15. The van der Waals surface area contributed by atoms with Crippen molar-refractivity contribution < 1.29 is 24.3 Å². The second-order valence-corrected chi connectivity index (χ2v) is 9.51. The lowest BCUT2D eigenvalue weighted by atomic mass is 10.0. The Morgan fingerprint density at radius 1 is 1.47 bits per heavy atom. The molecule has 1 saturated heterocycles. The number of aliphatic carboxylic acids is 1. The molecule has 4 N–H and O–H groups in total. The number of nitrogen functional groups attached to an aromatic ring is 1. The van der Waals surface area contributed by atoms with E-state index < -0.39 is 29.2 Å². The number of anilines is 1. The molecule has 1 fully saturated rings. The predicted molar refractivity (Wildman–Crippen MR) is 131 cm³/mol. The zero-order chi connectivity index (χ0) is 25.8. The second-order valence-electron chi connectivity index (χ2n) is 7.46. The van der Waals surface area contributed by atoms with Crippen LogP contribution in [0, 0.1) is 0 Å². The van der Waals surface area contributed by atoms with Gasteiger partial charge in [-0.05, 0) is 28.1 Å². The van der Waals surface area contributed by atoms with Crippen LogP contribution in [0.5, 0.6) is 0 Å². The van der Waals surface area contributed by atoms with Crippen molar-refractivity contribution in [3.8, 4) is 0 Å². The minimum absolute atomic E-state index is 0.0473. The summed E-state index contributed by atoms with van der Waals surface area (Å²) in [6.45, 7) is 3.57. The van der Waals surface area contributed by atoms with E-state index >= 15 is 0 Å². The molecule has 2 aromatic heterocycles. The van der Waals surface area contributed by atoms with Crippen LogP contribution in [0.3, 0.4) is 0 Å². The number of oxime groups is 1. The SMILES string of the molecule is C=CCON=C(C(=O)NC1C(=O)N2C(C(=O)O)=C(CSc3nnnn3C)CS[C@@H]12)c1cccc(N)n1. The number of carbonyl (C=O) groups is 3. The third-order valence-electron chi connectivity index (χ3n) is 5.07. The van der Waals surface area contributed by atoms with E-state index in [1.54, 1.807) is 19.2 Å².